The number of hydrogen-bond acceptors (Lipinski definition) is 1. The first-order valence-corrected chi connectivity index (χ1v) is 5.37. The molecule has 0 radical (unpaired) electrons. The molecule has 0 aliphatic carbocycles. The van der Waals surface area contributed by atoms with E-state index in [-0.39, 0.29) is 0 Å². The molecule has 0 atom stereocenters. The fourth-order valence-electron chi connectivity index (χ4n) is 1.28. The Morgan fingerprint density at radius 3 is 2.62 bits per heavy atom. The fourth-order valence-corrected chi connectivity index (χ4v) is 1.77. The molecular weight excluding hydrogens is 228 g/mol. The minimum Gasteiger partial charge on any atom is -0.492 e. The highest BCUT2D eigenvalue weighted by molar-refractivity contribution is 9.10. The van der Waals surface area contributed by atoms with Gasteiger partial charge in [-0.2, -0.15) is 0 Å². The van der Waals surface area contributed by atoms with Gasteiger partial charge in [-0.1, -0.05) is 26.0 Å². The van der Waals surface area contributed by atoms with Crippen molar-refractivity contribution in [3.63, 3.8) is 0 Å². The summed E-state index contributed by atoms with van der Waals surface area (Å²) in [7, 11) is 0. The number of rotatable bonds is 3. The number of ether oxygens (including phenoxy) is 1. The second-order valence-corrected chi connectivity index (χ2v) is 4.10. The normalized spacial score (nSPS) is 10.5. The number of halogens is 1. The summed E-state index contributed by atoms with van der Waals surface area (Å²) in [5, 5.41) is 0. The molecule has 0 saturated heterocycles. The van der Waals surface area contributed by atoms with Gasteiger partial charge in [0.1, 0.15) is 5.75 Å². The first-order valence-electron chi connectivity index (χ1n) is 4.58. The predicted molar refractivity (Wildman–Crippen MR) is 59.4 cm³/mol. The van der Waals surface area contributed by atoms with Gasteiger partial charge in [0.25, 0.3) is 0 Å². The molecule has 13 heavy (non-hydrogen) atoms. The van der Waals surface area contributed by atoms with Crippen molar-refractivity contribution in [2.24, 2.45) is 0 Å². The van der Waals surface area contributed by atoms with Gasteiger partial charge in [0, 0.05) is 0 Å². The Balaban J connectivity index is 3.09. The van der Waals surface area contributed by atoms with Crippen LogP contribution in [0, 0.1) is 0 Å². The zero-order chi connectivity index (χ0) is 9.84. The molecule has 0 fully saturated rings. The van der Waals surface area contributed by atoms with Crippen LogP contribution in [0.3, 0.4) is 0 Å². The highest BCUT2D eigenvalue weighted by Crippen LogP contribution is 2.33. The van der Waals surface area contributed by atoms with Crippen LogP contribution in [0.1, 0.15) is 32.3 Å². The van der Waals surface area contributed by atoms with Gasteiger partial charge in [-0.15, -0.1) is 0 Å². The van der Waals surface area contributed by atoms with Gasteiger partial charge in [-0.25, -0.2) is 0 Å². The maximum atomic E-state index is 5.58. The van der Waals surface area contributed by atoms with Gasteiger partial charge < -0.3 is 4.74 Å². The third-order valence-corrected chi connectivity index (χ3v) is 2.53. The smallest absolute Gasteiger partial charge is 0.136 e. The third kappa shape index (κ3) is 2.47. The average Bonchev–Trinajstić information content (AvgIpc) is 2.08. The van der Waals surface area contributed by atoms with E-state index in [0.29, 0.717) is 12.5 Å². The van der Waals surface area contributed by atoms with E-state index in [9.17, 15) is 0 Å². The molecule has 0 aliphatic rings. The minimum absolute atomic E-state index is 0.499. The zero-order valence-electron chi connectivity index (χ0n) is 8.30. The van der Waals surface area contributed by atoms with Gasteiger partial charge in [0.05, 0.1) is 11.1 Å². The molecule has 0 bridgehead atoms. The maximum Gasteiger partial charge on any atom is 0.136 e. The molecule has 0 saturated carbocycles. The third-order valence-electron chi connectivity index (χ3n) is 1.91. The van der Waals surface area contributed by atoms with Crippen LogP contribution in [0.4, 0.5) is 0 Å². The van der Waals surface area contributed by atoms with Crippen LogP contribution in [0.25, 0.3) is 0 Å². The van der Waals surface area contributed by atoms with Crippen LogP contribution in [0.2, 0.25) is 0 Å². The Kier molecular flexibility index (Phi) is 3.79. The zero-order valence-corrected chi connectivity index (χ0v) is 9.89. The van der Waals surface area contributed by atoms with Crippen molar-refractivity contribution in [3.05, 3.63) is 28.2 Å². The topological polar surface area (TPSA) is 9.23 Å². The Bertz CT molecular complexity index is 281. The molecule has 0 aliphatic heterocycles. The summed E-state index contributed by atoms with van der Waals surface area (Å²) in [6.07, 6.45) is 0. The van der Waals surface area contributed by atoms with Crippen molar-refractivity contribution < 1.29 is 4.74 Å². The summed E-state index contributed by atoms with van der Waals surface area (Å²) in [6, 6.07) is 6.17. The largest absolute Gasteiger partial charge is 0.492 e. The number of para-hydroxylation sites is 1. The molecule has 0 N–H and O–H groups in total. The monoisotopic (exact) mass is 242 g/mol. The SMILES string of the molecule is CCOc1c(Br)cccc1C(C)C. The highest BCUT2D eigenvalue weighted by atomic mass is 79.9. The molecule has 0 unspecified atom stereocenters. The van der Waals surface area contributed by atoms with E-state index < -0.39 is 0 Å². The summed E-state index contributed by atoms with van der Waals surface area (Å²) in [6.45, 7) is 7.06. The lowest BCUT2D eigenvalue weighted by Crippen LogP contribution is -1.98. The lowest BCUT2D eigenvalue weighted by Gasteiger charge is -2.14. The molecule has 1 nitrogen and oxygen atoms in total. The summed E-state index contributed by atoms with van der Waals surface area (Å²) < 4.78 is 6.62. The first kappa shape index (κ1) is 10.6. The average molecular weight is 243 g/mol. The molecular formula is C11H15BrO. The predicted octanol–water partition coefficient (Wildman–Crippen LogP) is 3.97. The second-order valence-electron chi connectivity index (χ2n) is 3.25. The van der Waals surface area contributed by atoms with Crippen molar-refractivity contribution >= 4 is 15.9 Å². The first-order chi connectivity index (χ1) is 6.16. The quantitative estimate of drug-likeness (QED) is 0.780. The van der Waals surface area contributed by atoms with Crippen LogP contribution < -0.4 is 4.74 Å². The molecule has 1 aromatic rings. The molecule has 1 rings (SSSR count). The van der Waals surface area contributed by atoms with Crippen molar-refractivity contribution in [2.75, 3.05) is 6.61 Å². The Morgan fingerprint density at radius 1 is 1.38 bits per heavy atom. The maximum absolute atomic E-state index is 5.58. The van der Waals surface area contributed by atoms with E-state index in [0.717, 1.165) is 10.2 Å². The number of benzene rings is 1. The van der Waals surface area contributed by atoms with Gasteiger partial charge in [0.2, 0.25) is 0 Å². The van der Waals surface area contributed by atoms with Crippen molar-refractivity contribution in [2.45, 2.75) is 26.7 Å². The molecule has 1 aromatic carbocycles. The van der Waals surface area contributed by atoms with Gasteiger partial charge >= 0.3 is 0 Å². The Morgan fingerprint density at radius 2 is 2.08 bits per heavy atom. The standard InChI is InChI=1S/C11H15BrO/c1-4-13-11-9(8(2)3)6-5-7-10(11)12/h5-8H,4H2,1-3H3. The lowest BCUT2D eigenvalue weighted by molar-refractivity contribution is 0.333. The van der Waals surface area contributed by atoms with Crippen molar-refractivity contribution in [1.29, 1.82) is 0 Å². The fraction of sp³-hybridized carbons (Fsp3) is 0.455. The summed E-state index contributed by atoms with van der Waals surface area (Å²) in [5.41, 5.74) is 1.26. The van der Waals surface area contributed by atoms with E-state index in [1.54, 1.807) is 0 Å². The van der Waals surface area contributed by atoms with Crippen LogP contribution in [-0.2, 0) is 0 Å². The van der Waals surface area contributed by atoms with E-state index in [1.807, 2.05) is 19.1 Å². The summed E-state index contributed by atoms with van der Waals surface area (Å²) in [5.74, 6) is 1.49. The van der Waals surface area contributed by atoms with E-state index >= 15 is 0 Å². The van der Waals surface area contributed by atoms with Crippen molar-refractivity contribution in [1.82, 2.24) is 0 Å². The molecule has 72 valence electrons. The summed E-state index contributed by atoms with van der Waals surface area (Å²) in [4.78, 5) is 0. The van der Waals surface area contributed by atoms with Crippen LogP contribution >= 0.6 is 15.9 Å². The molecule has 0 aromatic heterocycles. The second kappa shape index (κ2) is 4.66. The van der Waals surface area contributed by atoms with Gasteiger partial charge in [-0.3, -0.25) is 0 Å². The Labute approximate surface area is 88.2 Å². The van der Waals surface area contributed by atoms with E-state index in [4.69, 9.17) is 4.74 Å². The van der Waals surface area contributed by atoms with Crippen LogP contribution in [0.5, 0.6) is 5.75 Å². The van der Waals surface area contributed by atoms with Crippen molar-refractivity contribution in [3.8, 4) is 5.75 Å². The van der Waals surface area contributed by atoms with Crippen LogP contribution in [-0.4, -0.2) is 6.61 Å². The van der Waals surface area contributed by atoms with E-state index in [2.05, 4.69) is 35.8 Å². The molecule has 0 amide bonds. The highest BCUT2D eigenvalue weighted by Gasteiger charge is 2.09. The molecule has 0 spiro atoms. The minimum atomic E-state index is 0.499. The summed E-state index contributed by atoms with van der Waals surface area (Å²) >= 11 is 3.49. The lowest BCUT2D eigenvalue weighted by atomic mass is 10.0. The van der Waals surface area contributed by atoms with Gasteiger partial charge in [-0.05, 0) is 40.4 Å². The Hall–Kier alpha value is -0.500. The number of hydrogen-bond donors (Lipinski definition) is 0. The van der Waals surface area contributed by atoms with Crippen LogP contribution in [0.15, 0.2) is 22.7 Å². The van der Waals surface area contributed by atoms with Gasteiger partial charge in [0.15, 0.2) is 0 Å². The van der Waals surface area contributed by atoms with E-state index in [1.165, 1.54) is 5.56 Å². The molecule has 0 heterocycles. The molecule has 2 heteroatoms.